The van der Waals surface area contributed by atoms with Gasteiger partial charge in [0.25, 0.3) is 0 Å². The average Bonchev–Trinajstić information content (AvgIpc) is 2.01. The molecule has 0 saturated carbocycles. The predicted octanol–water partition coefficient (Wildman–Crippen LogP) is 0.679. The minimum Gasteiger partial charge on any atom is -0.450 e. The van der Waals surface area contributed by atoms with Crippen molar-refractivity contribution >= 4 is 16.7 Å². The summed E-state index contributed by atoms with van der Waals surface area (Å²) in [6.45, 7) is 2.03. The van der Waals surface area contributed by atoms with Crippen molar-refractivity contribution < 1.29 is 17.9 Å². The van der Waals surface area contributed by atoms with Crippen LogP contribution in [0.4, 0.5) is 0 Å². The Morgan fingerprint density at radius 1 is 1.33 bits per heavy atom. The summed E-state index contributed by atoms with van der Waals surface area (Å²) in [5.41, 5.74) is 0. The Labute approximate surface area is 73.9 Å². The Balaban J connectivity index is 3.34. The van der Waals surface area contributed by atoms with Crippen LogP contribution in [0.15, 0.2) is 0 Å². The zero-order chi connectivity index (χ0) is 9.40. The second-order valence-electron chi connectivity index (χ2n) is 2.44. The fourth-order valence-electron chi connectivity index (χ4n) is 0.716. The molecule has 4 nitrogen and oxygen atoms in total. The molecule has 0 aromatic heterocycles. The zero-order valence-corrected chi connectivity index (χ0v) is 8.01. The van der Waals surface area contributed by atoms with Gasteiger partial charge in [-0.3, -0.25) is 4.79 Å². The summed E-state index contributed by atoms with van der Waals surface area (Å²) in [6.07, 6.45) is 3.09. The standard InChI is InChI=1S/C7H14O4S/c1-2-3-4-5-7(8)11-6-12(9)10/h12H,2-6H2,1H3. The van der Waals surface area contributed by atoms with Gasteiger partial charge in [0.05, 0.1) is 0 Å². The van der Waals surface area contributed by atoms with E-state index in [9.17, 15) is 13.2 Å². The van der Waals surface area contributed by atoms with Crippen LogP contribution in [0.2, 0.25) is 0 Å². The molecule has 0 amide bonds. The number of carbonyl (C=O) groups is 1. The van der Waals surface area contributed by atoms with Gasteiger partial charge in [-0.05, 0) is 6.42 Å². The molecule has 0 aromatic rings. The lowest BCUT2D eigenvalue weighted by molar-refractivity contribution is -0.141. The van der Waals surface area contributed by atoms with E-state index in [1.54, 1.807) is 0 Å². The first-order valence-electron chi connectivity index (χ1n) is 3.94. The molecule has 0 aliphatic carbocycles. The minimum absolute atomic E-state index is 0.316. The highest BCUT2D eigenvalue weighted by Crippen LogP contribution is 1.99. The first kappa shape index (κ1) is 11.4. The molecule has 0 aromatic carbocycles. The van der Waals surface area contributed by atoms with Crippen molar-refractivity contribution in [2.75, 3.05) is 5.94 Å². The number of ether oxygens (including phenoxy) is 1. The number of thiol groups is 1. The van der Waals surface area contributed by atoms with E-state index < -0.39 is 22.6 Å². The highest BCUT2D eigenvalue weighted by molar-refractivity contribution is 7.72. The number of hydrogen-bond acceptors (Lipinski definition) is 4. The van der Waals surface area contributed by atoms with Crippen molar-refractivity contribution in [3.05, 3.63) is 0 Å². The smallest absolute Gasteiger partial charge is 0.306 e. The van der Waals surface area contributed by atoms with Gasteiger partial charge >= 0.3 is 5.97 Å². The van der Waals surface area contributed by atoms with Crippen LogP contribution in [-0.2, 0) is 20.2 Å². The zero-order valence-electron chi connectivity index (χ0n) is 7.12. The third-order valence-electron chi connectivity index (χ3n) is 1.32. The molecule has 0 aliphatic heterocycles. The SMILES string of the molecule is CCCCCC(=O)OC[SH](=O)=O. The van der Waals surface area contributed by atoms with E-state index in [0.717, 1.165) is 19.3 Å². The van der Waals surface area contributed by atoms with Crippen molar-refractivity contribution in [1.82, 2.24) is 0 Å². The average molecular weight is 194 g/mol. The largest absolute Gasteiger partial charge is 0.450 e. The van der Waals surface area contributed by atoms with Crippen LogP contribution in [0.25, 0.3) is 0 Å². The van der Waals surface area contributed by atoms with Gasteiger partial charge in [0, 0.05) is 6.42 Å². The molecule has 0 fully saturated rings. The molecular formula is C7H14O4S. The molecule has 0 aliphatic rings. The predicted molar refractivity (Wildman–Crippen MR) is 45.4 cm³/mol. The van der Waals surface area contributed by atoms with Crippen molar-refractivity contribution in [3.8, 4) is 0 Å². The highest BCUT2D eigenvalue weighted by atomic mass is 32.2. The first-order valence-corrected chi connectivity index (χ1v) is 5.30. The maximum absolute atomic E-state index is 10.7. The second kappa shape index (κ2) is 7.09. The molecule has 0 saturated heterocycles. The van der Waals surface area contributed by atoms with Crippen molar-refractivity contribution in [2.24, 2.45) is 0 Å². The number of rotatable bonds is 6. The van der Waals surface area contributed by atoms with Crippen molar-refractivity contribution in [2.45, 2.75) is 32.6 Å². The molecule has 0 atom stereocenters. The quantitative estimate of drug-likeness (QED) is 0.384. The second-order valence-corrected chi connectivity index (χ2v) is 3.36. The Bertz CT molecular complexity index is 190. The Morgan fingerprint density at radius 3 is 2.50 bits per heavy atom. The number of carbonyl (C=O) groups excluding carboxylic acids is 1. The summed E-state index contributed by atoms with van der Waals surface area (Å²) >= 11 is 0. The summed E-state index contributed by atoms with van der Waals surface area (Å²) in [5, 5.41) is 0. The number of esters is 1. The molecule has 12 heavy (non-hydrogen) atoms. The topological polar surface area (TPSA) is 60.4 Å². The molecule has 0 N–H and O–H groups in total. The highest BCUT2D eigenvalue weighted by Gasteiger charge is 2.01. The van der Waals surface area contributed by atoms with Gasteiger partial charge in [-0.15, -0.1) is 0 Å². The van der Waals surface area contributed by atoms with Gasteiger partial charge in [0.15, 0.2) is 16.6 Å². The van der Waals surface area contributed by atoms with E-state index in [-0.39, 0.29) is 0 Å². The van der Waals surface area contributed by atoms with Crippen LogP contribution in [0.3, 0.4) is 0 Å². The lowest BCUT2D eigenvalue weighted by atomic mass is 10.2. The van der Waals surface area contributed by atoms with Crippen LogP contribution in [-0.4, -0.2) is 20.3 Å². The molecule has 72 valence electrons. The molecule has 0 unspecified atom stereocenters. The fraction of sp³-hybridized carbons (Fsp3) is 0.857. The molecular weight excluding hydrogens is 180 g/mol. The minimum atomic E-state index is -2.59. The van der Waals surface area contributed by atoms with Crippen LogP contribution >= 0.6 is 0 Å². The third kappa shape index (κ3) is 7.53. The van der Waals surface area contributed by atoms with Crippen molar-refractivity contribution in [3.63, 3.8) is 0 Å². The first-order chi connectivity index (χ1) is 5.66. The molecule has 0 spiro atoms. The summed E-state index contributed by atoms with van der Waals surface area (Å²) in [5.74, 6) is -0.914. The molecule has 5 heteroatoms. The summed E-state index contributed by atoms with van der Waals surface area (Å²) < 4.78 is 24.4. The lowest BCUT2D eigenvalue weighted by Crippen LogP contribution is -2.06. The van der Waals surface area contributed by atoms with Crippen LogP contribution in [0, 0.1) is 0 Å². The Hall–Kier alpha value is -0.580. The van der Waals surface area contributed by atoms with Gasteiger partial charge in [-0.25, -0.2) is 8.42 Å². The number of hydrogen-bond donors (Lipinski definition) is 1. The fourth-order valence-corrected chi connectivity index (χ4v) is 0.966. The van der Waals surface area contributed by atoms with E-state index in [1.165, 1.54) is 0 Å². The van der Waals surface area contributed by atoms with Gasteiger partial charge in [-0.1, -0.05) is 19.8 Å². The van der Waals surface area contributed by atoms with Gasteiger partial charge in [-0.2, -0.15) is 0 Å². The normalized spacial score (nSPS) is 10.2. The van der Waals surface area contributed by atoms with E-state index in [0.29, 0.717) is 6.42 Å². The maximum Gasteiger partial charge on any atom is 0.306 e. The third-order valence-corrected chi connectivity index (χ3v) is 1.66. The van der Waals surface area contributed by atoms with Crippen molar-refractivity contribution in [1.29, 1.82) is 0 Å². The van der Waals surface area contributed by atoms with Gasteiger partial charge in [0.2, 0.25) is 0 Å². The van der Waals surface area contributed by atoms with E-state index in [1.807, 2.05) is 6.92 Å². The summed E-state index contributed by atoms with van der Waals surface area (Å²) in [7, 11) is -2.59. The van der Waals surface area contributed by atoms with Crippen LogP contribution in [0.5, 0.6) is 0 Å². The molecule has 0 heterocycles. The monoisotopic (exact) mass is 194 g/mol. The van der Waals surface area contributed by atoms with Crippen LogP contribution in [0.1, 0.15) is 32.6 Å². The Kier molecular flexibility index (Phi) is 6.75. The van der Waals surface area contributed by atoms with E-state index in [4.69, 9.17) is 0 Å². The molecule has 0 bridgehead atoms. The Morgan fingerprint density at radius 2 is 2.00 bits per heavy atom. The van der Waals surface area contributed by atoms with Gasteiger partial charge < -0.3 is 4.74 Å². The molecule has 0 rings (SSSR count). The number of unbranched alkanes of at least 4 members (excludes halogenated alkanes) is 2. The maximum atomic E-state index is 10.7. The van der Waals surface area contributed by atoms with Gasteiger partial charge in [0.1, 0.15) is 0 Å². The summed E-state index contributed by atoms with van der Waals surface area (Å²) in [6, 6.07) is 0. The molecule has 0 radical (unpaired) electrons. The lowest BCUT2D eigenvalue weighted by Gasteiger charge is -1.98. The van der Waals surface area contributed by atoms with Crippen LogP contribution < -0.4 is 0 Å². The van der Waals surface area contributed by atoms with E-state index in [2.05, 4.69) is 4.74 Å². The van der Waals surface area contributed by atoms with E-state index >= 15 is 0 Å². The summed E-state index contributed by atoms with van der Waals surface area (Å²) in [4.78, 5) is 10.7.